The van der Waals surface area contributed by atoms with Crippen molar-refractivity contribution in [3.05, 3.63) is 47.2 Å². The van der Waals surface area contributed by atoms with Crippen LogP contribution < -0.4 is 4.74 Å². The number of ether oxygens (including phenoxy) is 1. The lowest BCUT2D eigenvalue weighted by molar-refractivity contribution is -0.0516. The van der Waals surface area contributed by atoms with Gasteiger partial charge >= 0.3 is 0 Å². The maximum absolute atomic E-state index is 13.1. The largest absolute Gasteiger partial charge is 0.497 e. The Labute approximate surface area is 178 Å². The van der Waals surface area contributed by atoms with Gasteiger partial charge in [0, 0.05) is 38.6 Å². The second kappa shape index (κ2) is 7.73. The summed E-state index contributed by atoms with van der Waals surface area (Å²) in [4.78, 5) is 22.2. The highest BCUT2D eigenvalue weighted by molar-refractivity contribution is 5.92. The number of methoxy groups -OCH3 is 1. The molecule has 5 rings (SSSR count). The summed E-state index contributed by atoms with van der Waals surface area (Å²) in [5, 5.41) is 0. The molecule has 30 heavy (non-hydrogen) atoms. The average Bonchev–Trinajstić information content (AvgIpc) is 3.10. The van der Waals surface area contributed by atoms with Gasteiger partial charge in [0.15, 0.2) is 5.89 Å². The fourth-order valence-electron chi connectivity index (χ4n) is 6.03. The van der Waals surface area contributed by atoms with Crippen molar-refractivity contribution in [1.29, 1.82) is 0 Å². The smallest absolute Gasteiger partial charge is 0.291 e. The topological polar surface area (TPSA) is 58.8 Å². The van der Waals surface area contributed by atoms with Crippen LogP contribution in [-0.2, 0) is 0 Å². The van der Waals surface area contributed by atoms with Crippen LogP contribution in [0.15, 0.2) is 28.7 Å². The first-order valence-corrected chi connectivity index (χ1v) is 11.2. The number of carbonyl (C=O) groups excluding carboxylic acids is 1. The lowest BCUT2D eigenvalue weighted by Crippen LogP contribution is -2.60. The van der Waals surface area contributed by atoms with Gasteiger partial charge in [-0.25, -0.2) is 4.98 Å². The molecule has 0 saturated carbocycles. The molecular weight excluding hydrogens is 378 g/mol. The van der Waals surface area contributed by atoms with E-state index >= 15 is 0 Å². The minimum absolute atomic E-state index is 0.0127. The molecule has 6 heteroatoms. The molecule has 4 atom stereocenters. The van der Waals surface area contributed by atoms with Crippen LogP contribution in [0.1, 0.15) is 59.4 Å². The van der Waals surface area contributed by atoms with Crippen molar-refractivity contribution in [1.82, 2.24) is 14.8 Å². The number of likely N-dealkylation sites (tertiary alicyclic amines) is 1. The highest BCUT2D eigenvalue weighted by atomic mass is 16.5. The first-order valence-electron chi connectivity index (χ1n) is 11.2. The van der Waals surface area contributed by atoms with E-state index < -0.39 is 0 Å². The van der Waals surface area contributed by atoms with Gasteiger partial charge in [-0.3, -0.25) is 9.69 Å². The quantitative estimate of drug-likeness (QED) is 0.767. The zero-order valence-corrected chi connectivity index (χ0v) is 18.1. The third kappa shape index (κ3) is 3.41. The maximum Gasteiger partial charge on any atom is 0.291 e. The van der Waals surface area contributed by atoms with Gasteiger partial charge in [-0.1, -0.05) is 12.1 Å². The van der Waals surface area contributed by atoms with Crippen LogP contribution in [0.25, 0.3) is 0 Å². The van der Waals surface area contributed by atoms with Crippen molar-refractivity contribution in [2.24, 2.45) is 11.8 Å². The molecule has 3 saturated heterocycles. The van der Waals surface area contributed by atoms with Crippen molar-refractivity contribution in [2.75, 3.05) is 26.7 Å². The molecule has 4 heterocycles. The Balaban J connectivity index is 1.35. The fraction of sp³-hybridized carbons (Fsp3) is 0.583. The molecule has 160 valence electrons. The maximum atomic E-state index is 13.1. The predicted molar refractivity (Wildman–Crippen MR) is 114 cm³/mol. The highest BCUT2D eigenvalue weighted by Gasteiger charge is 2.46. The van der Waals surface area contributed by atoms with Crippen LogP contribution in [0, 0.1) is 25.7 Å². The molecule has 0 spiro atoms. The molecule has 1 amide bonds. The molecule has 1 aromatic carbocycles. The molecular formula is C24H31N3O3. The number of fused-ring (bicyclic) bond motifs is 4. The Morgan fingerprint density at radius 3 is 2.63 bits per heavy atom. The summed E-state index contributed by atoms with van der Waals surface area (Å²) >= 11 is 0. The lowest BCUT2D eigenvalue weighted by atomic mass is 9.74. The van der Waals surface area contributed by atoms with E-state index in [1.807, 2.05) is 11.8 Å². The van der Waals surface area contributed by atoms with E-state index in [0.29, 0.717) is 41.3 Å². The number of piperidine rings is 3. The molecule has 3 aliphatic rings. The normalized spacial score (nSPS) is 28.8. The zero-order valence-electron chi connectivity index (χ0n) is 18.1. The molecule has 3 aliphatic heterocycles. The van der Waals surface area contributed by atoms with Crippen LogP contribution >= 0.6 is 0 Å². The number of aryl methyl sites for hydroxylation is 2. The summed E-state index contributed by atoms with van der Waals surface area (Å²) in [6, 6.07) is 9.62. The number of carbonyl (C=O) groups is 1. The average molecular weight is 410 g/mol. The molecule has 0 aliphatic carbocycles. The Morgan fingerprint density at radius 1 is 1.13 bits per heavy atom. The fourth-order valence-corrected chi connectivity index (χ4v) is 6.03. The number of benzene rings is 1. The Bertz CT molecular complexity index is 922. The summed E-state index contributed by atoms with van der Waals surface area (Å²) < 4.78 is 11.0. The van der Waals surface area contributed by atoms with Crippen LogP contribution in [-0.4, -0.2) is 53.5 Å². The second-order valence-corrected chi connectivity index (χ2v) is 9.20. The zero-order chi connectivity index (χ0) is 20.8. The summed E-state index contributed by atoms with van der Waals surface area (Å²) in [5.74, 6) is 2.96. The molecule has 2 bridgehead atoms. The standard InChI is InChI=1S/C24H31N3O3/c1-15-23(30-16(2)25-15)24(28)26-12-17-11-19(14-26)22-6-4-5-21(27(22)13-17)18-7-9-20(29-3)10-8-18/h7-10,17,19,21-22H,4-6,11-14H2,1-3H3/t17-,19+,21+,22-/m0/s1. The van der Waals surface area contributed by atoms with Crippen LogP contribution in [0.2, 0.25) is 0 Å². The van der Waals surface area contributed by atoms with Gasteiger partial charge in [-0.05, 0) is 62.1 Å². The molecule has 1 aromatic heterocycles. The third-order valence-corrected chi connectivity index (χ3v) is 7.27. The first-order chi connectivity index (χ1) is 14.5. The molecule has 6 nitrogen and oxygen atoms in total. The predicted octanol–water partition coefficient (Wildman–Crippen LogP) is 3.99. The van der Waals surface area contributed by atoms with E-state index in [0.717, 1.165) is 25.4 Å². The van der Waals surface area contributed by atoms with E-state index in [4.69, 9.17) is 9.15 Å². The third-order valence-electron chi connectivity index (χ3n) is 7.27. The van der Waals surface area contributed by atoms with Gasteiger partial charge in [-0.15, -0.1) is 0 Å². The molecule has 0 N–H and O–H groups in total. The Hall–Kier alpha value is -2.34. The number of hydrogen-bond acceptors (Lipinski definition) is 5. The second-order valence-electron chi connectivity index (χ2n) is 9.20. The van der Waals surface area contributed by atoms with Gasteiger partial charge < -0.3 is 14.1 Å². The lowest BCUT2D eigenvalue weighted by Gasteiger charge is -2.55. The summed E-state index contributed by atoms with van der Waals surface area (Å²) in [6.45, 7) is 6.36. The van der Waals surface area contributed by atoms with Gasteiger partial charge in [0.05, 0.1) is 12.8 Å². The van der Waals surface area contributed by atoms with E-state index in [-0.39, 0.29) is 5.91 Å². The molecule has 2 aromatic rings. The highest BCUT2D eigenvalue weighted by Crippen LogP contribution is 2.44. The minimum atomic E-state index is 0.0127. The van der Waals surface area contributed by atoms with Gasteiger partial charge in [0.25, 0.3) is 5.91 Å². The SMILES string of the molecule is COc1ccc([C@H]2CCC[C@H]3[C@@H]4C[C@@H](CN(C(=O)c5oc(C)nc5C)C4)CN23)cc1. The van der Waals surface area contributed by atoms with Crippen LogP contribution in [0.3, 0.4) is 0 Å². The van der Waals surface area contributed by atoms with Crippen LogP contribution in [0.4, 0.5) is 0 Å². The van der Waals surface area contributed by atoms with Gasteiger partial charge in [0.1, 0.15) is 5.75 Å². The Morgan fingerprint density at radius 2 is 1.93 bits per heavy atom. The number of amides is 1. The molecule has 0 unspecified atom stereocenters. The van der Waals surface area contributed by atoms with Crippen molar-refractivity contribution in [3.8, 4) is 5.75 Å². The van der Waals surface area contributed by atoms with Gasteiger partial charge in [0.2, 0.25) is 5.76 Å². The summed E-state index contributed by atoms with van der Waals surface area (Å²) in [7, 11) is 1.71. The van der Waals surface area contributed by atoms with Crippen molar-refractivity contribution in [3.63, 3.8) is 0 Å². The van der Waals surface area contributed by atoms with E-state index in [2.05, 4.69) is 34.1 Å². The number of rotatable bonds is 3. The first kappa shape index (κ1) is 19.6. The van der Waals surface area contributed by atoms with Crippen molar-refractivity contribution >= 4 is 5.91 Å². The van der Waals surface area contributed by atoms with Crippen LogP contribution in [0.5, 0.6) is 5.75 Å². The van der Waals surface area contributed by atoms with Crippen molar-refractivity contribution in [2.45, 2.75) is 51.6 Å². The van der Waals surface area contributed by atoms with Gasteiger partial charge in [-0.2, -0.15) is 0 Å². The molecule has 3 fully saturated rings. The summed E-state index contributed by atoms with van der Waals surface area (Å²) in [5.41, 5.74) is 2.09. The van der Waals surface area contributed by atoms with E-state index in [1.165, 1.54) is 31.2 Å². The molecule has 0 radical (unpaired) electrons. The summed E-state index contributed by atoms with van der Waals surface area (Å²) in [6.07, 6.45) is 4.91. The number of aromatic nitrogens is 1. The monoisotopic (exact) mass is 409 g/mol. The van der Waals surface area contributed by atoms with Crippen molar-refractivity contribution < 1.29 is 13.9 Å². The minimum Gasteiger partial charge on any atom is -0.497 e. The number of oxazole rings is 1. The van der Waals surface area contributed by atoms with E-state index in [1.54, 1.807) is 14.0 Å². The Kier molecular flexibility index (Phi) is 5.05. The van der Waals surface area contributed by atoms with E-state index in [9.17, 15) is 4.79 Å². The number of nitrogens with zero attached hydrogens (tertiary/aromatic N) is 3. The number of hydrogen-bond donors (Lipinski definition) is 0.